The highest BCUT2D eigenvalue weighted by Crippen LogP contribution is 2.26. The molecule has 0 saturated carbocycles. The van der Waals surface area contributed by atoms with Crippen molar-refractivity contribution >= 4 is 17.7 Å². The van der Waals surface area contributed by atoms with E-state index >= 15 is 0 Å². The minimum Gasteiger partial charge on any atom is -0.485 e. The maximum atomic E-state index is 13.8. The van der Waals surface area contributed by atoms with Crippen molar-refractivity contribution in [1.29, 1.82) is 0 Å². The Morgan fingerprint density at radius 1 is 1.12 bits per heavy atom. The van der Waals surface area contributed by atoms with Gasteiger partial charge in [0.05, 0.1) is 13.7 Å². The van der Waals surface area contributed by atoms with E-state index in [1.54, 1.807) is 36.4 Å². The summed E-state index contributed by atoms with van der Waals surface area (Å²) in [6.45, 7) is 0.146. The molecule has 2 atom stereocenters. The highest BCUT2D eigenvalue weighted by molar-refractivity contribution is 5.93. The van der Waals surface area contributed by atoms with Gasteiger partial charge in [-0.3, -0.25) is 0 Å². The summed E-state index contributed by atoms with van der Waals surface area (Å²) in [7, 11) is 1.26. The third kappa shape index (κ3) is 3.93. The molecule has 0 bridgehead atoms. The van der Waals surface area contributed by atoms with E-state index in [9.17, 15) is 14.0 Å². The molecule has 1 aliphatic rings. The molecule has 0 aromatic heterocycles. The monoisotopic (exact) mass is 358 g/mol. The Morgan fingerprint density at radius 2 is 1.81 bits per heavy atom. The van der Waals surface area contributed by atoms with Crippen LogP contribution in [0.1, 0.15) is 6.42 Å². The first kappa shape index (κ1) is 17.7. The van der Waals surface area contributed by atoms with Gasteiger partial charge in [-0.05, 0) is 24.3 Å². The highest BCUT2D eigenvalue weighted by Gasteiger charge is 2.41. The molecule has 2 aromatic carbocycles. The van der Waals surface area contributed by atoms with E-state index in [0.29, 0.717) is 5.69 Å². The van der Waals surface area contributed by atoms with E-state index in [1.807, 2.05) is 6.07 Å². The van der Waals surface area contributed by atoms with Crippen LogP contribution in [0.3, 0.4) is 0 Å². The van der Waals surface area contributed by atoms with Crippen molar-refractivity contribution in [3.05, 3.63) is 60.4 Å². The molecule has 1 aliphatic heterocycles. The molecule has 2 aromatic rings. The minimum absolute atomic E-state index is 0.0893. The molecule has 6 nitrogen and oxygen atoms in total. The number of rotatable bonds is 4. The summed E-state index contributed by atoms with van der Waals surface area (Å²) in [5.74, 6) is -0.936. The smallest absolute Gasteiger partial charge is 0.328 e. The predicted molar refractivity (Wildman–Crippen MR) is 93.4 cm³/mol. The Morgan fingerprint density at radius 3 is 2.50 bits per heavy atom. The van der Waals surface area contributed by atoms with Crippen LogP contribution in [0.25, 0.3) is 0 Å². The van der Waals surface area contributed by atoms with Crippen LogP contribution < -0.4 is 10.1 Å². The van der Waals surface area contributed by atoms with Crippen LogP contribution in [0.5, 0.6) is 5.75 Å². The lowest BCUT2D eigenvalue weighted by Crippen LogP contribution is -2.43. The Balaban J connectivity index is 1.73. The molecule has 2 amide bonds. The average molecular weight is 358 g/mol. The maximum absolute atomic E-state index is 13.8. The van der Waals surface area contributed by atoms with E-state index in [1.165, 1.54) is 24.1 Å². The summed E-state index contributed by atoms with van der Waals surface area (Å²) < 4.78 is 24.3. The maximum Gasteiger partial charge on any atom is 0.328 e. The van der Waals surface area contributed by atoms with Crippen molar-refractivity contribution in [1.82, 2.24) is 4.90 Å². The molecular formula is C19H19FN2O4. The fourth-order valence-corrected chi connectivity index (χ4v) is 2.90. The quantitative estimate of drug-likeness (QED) is 0.853. The SMILES string of the molecule is COC(=O)C1CC(Oc2ccccc2F)CN1C(=O)Nc1ccccc1. The molecule has 0 spiro atoms. The van der Waals surface area contributed by atoms with Crippen LogP contribution in [0, 0.1) is 5.82 Å². The topological polar surface area (TPSA) is 67.9 Å². The van der Waals surface area contributed by atoms with Crippen molar-refractivity contribution in [2.45, 2.75) is 18.6 Å². The molecule has 2 unspecified atom stereocenters. The molecule has 0 aliphatic carbocycles. The molecule has 136 valence electrons. The lowest BCUT2D eigenvalue weighted by atomic mass is 10.2. The van der Waals surface area contributed by atoms with E-state index < -0.39 is 30.0 Å². The van der Waals surface area contributed by atoms with E-state index in [-0.39, 0.29) is 18.7 Å². The molecule has 7 heteroatoms. The number of hydrogen-bond donors (Lipinski definition) is 1. The van der Waals surface area contributed by atoms with Gasteiger partial charge < -0.3 is 19.7 Å². The van der Waals surface area contributed by atoms with Gasteiger partial charge in [0.2, 0.25) is 0 Å². The third-order valence-corrected chi connectivity index (χ3v) is 4.15. The van der Waals surface area contributed by atoms with Gasteiger partial charge in [0, 0.05) is 12.1 Å². The van der Waals surface area contributed by atoms with Crippen molar-refractivity contribution in [3.8, 4) is 5.75 Å². The Labute approximate surface area is 150 Å². The number of urea groups is 1. The zero-order valence-corrected chi connectivity index (χ0v) is 14.2. The minimum atomic E-state index is -0.791. The first-order chi connectivity index (χ1) is 12.6. The molecule has 1 heterocycles. The van der Waals surface area contributed by atoms with Gasteiger partial charge in [0.15, 0.2) is 11.6 Å². The number of likely N-dealkylation sites (tertiary alicyclic amines) is 1. The molecule has 1 saturated heterocycles. The highest BCUT2D eigenvalue weighted by atomic mass is 19.1. The predicted octanol–water partition coefficient (Wildman–Crippen LogP) is 3.05. The van der Waals surface area contributed by atoms with Crippen molar-refractivity contribution in [2.24, 2.45) is 0 Å². The number of carbonyl (C=O) groups is 2. The first-order valence-corrected chi connectivity index (χ1v) is 8.20. The zero-order valence-electron chi connectivity index (χ0n) is 14.2. The second-order valence-electron chi connectivity index (χ2n) is 5.89. The summed E-state index contributed by atoms with van der Waals surface area (Å²) >= 11 is 0. The van der Waals surface area contributed by atoms with E-state index in [4.69, 9.17) is 9.47 Å². The largest absolute Gasteiger partial charge is 0.485 e. The molecule has 3 rings (SSSR count). The van der Waals surface area contributed by atoms with Crippen LogP contribution in [0.15, 0.2) is 54.6 Å². The lowest BCUT2D eigenvalue weighted by molar-refractivity contribution is -0.144. The van der Waals surface area contributed by atoms with Crippen LogP contribution >= 0.6 is 0 Å². The van der Waals surface area contributed by atoms with Gasteiger partial charge >= 0.3 is 12.0 Å². The number of nitrogens with one attached hydrogen (secondary N) is 1. The van der Waals surface area contributed by atoms with Gasteiger partial charge in [-0.2, -0.15) is 0 Å². The zero-order chi connectivity index (χ0) is 18.5. The van der Waals surface area contributed by atoms with Crippen molar-refractivity contribution < 1.29 is 23.5 Å². The number of amides is 2. The average Bonchev–Trinajstić information content (AvgIpc) is 3.08. The number of methoxy groups -OCH3 is 1. The number of halogens is 1. The Hall–Kier alpha value is -3.09. The van der Waals surface area contributed by atoms with Crippen LogP contribution in [-0.2, 0) is 9.53 Å². The van der Waals surface area contributed by atoms with Crippen molar-refractivity contribution in [3.63, 3.8) is 0 Å². The fraction of sp³-hybridized carbons (Fsp3) is 0.263. The Bertz CT molecular complexity index is 784. The first-order valence-electron chi connectivity index (χ1n) is 8.20. The summed E-state index contributed by atoms with van der Waals surface area (Å²) in [4.78, 5) is 26.0. The van der Waals surface area contributed by atoms with Gasteiger partial charge in [-0.25, -0.2) is 14.0 Å². The summed E-state index contributed by atoms with van der Waals surface area (Å²) in [5, 5.41) is 2.74. The summed E-state index contributed by atoms with van der Waals surface area (Å²) in [6.07, 6.45) is -0.291. The Kier molecular flexibility index (Phi) is 5.36. The summed E-state index contributed by atoms with van der Waals surface area (Å²) in [5.41, 5.74) is 0.611. The number of carbonyl (C=O) groups excluding carboxylic acids is 2. The summed E-state index contributed by atoms with van der Waals surface area (Å²) in [6, 6.07) is 13.7. The number of ether oxygens (including phenoxy) is 2. The van der Waals surface area contributed by atoms with E-state index in [2.05, 4.69) is 5.32 Å². The van der Waals surface area contributed by atoms with Crippen LogP contribution in [0.2, 0.25) is 0 Å². The molecule has 1 fully saturated rings. The lowest BCUT2D eigenvalue weighted by Gasteiger charge is -2.22. The van der Waals surface area contributed by atoms with Gasteiger partial charge in [-0.15, -0.1) is 0 Å². The third-order valence-electron chi connectivity index (χ3n) is 4.15. The van der Waals surface area contributed by atoms with Crippen LogP contribution in [-0.4, -0.2) is 42.7 Å². The number of anilines is 1. The molecular weight excluding hydrogens is 339 g/mol. The van der Waals surface area contributed by atoms with Crippen LogP contribution in [0.4, 0.5) is 14.9 Å². The van der Waals surface area contributed by atoms with Gasteiger partial charge in [0.1, 0.15) is 12.1 Å². The van der Waals surface area contributed by atoms with Crippen molar-refractivity contribution in [2.75, 3.05) is 19.0 Å². The second kappa shape index (κ2) is 7.86. The molecule has 1 N–H and O–H groups in total. The number of esters is 1. The number of benzene rings is 2. The molecule has 0 radical (unpaired) electrons. The van der Waals surface area contributed by atoms with Gasteiger partial charge in [0.25, 0.3) is 0 Å². The van der Waals surface area contributed by atoms with E-state index in [0.717, 1.165) is 0 Å². The van der Waals surface area contributed by atoms with Gasteiger partial charge in [-0.1, -0.05) is 30.3 Å². The molecule has 26 heavy (non-hydrogen) atoms. The normalized spacial score (nSPS) is 19.1. The second-order valence-corrected chi connectivity index (χ2v) is 5.89. The number of hydrogen-bond acceptors (Lipinski definition) is 4. The standard InChI is InChI=1S/C19H19FN2O4/c1-25-18(23)16-11-14(26-17-10-6-5-9-15(17)20)12-22(16)19(24)21-13-7-3-2-4-8-13/h2-10,14,16H,11-12H2,1H3,(H,21,24). The number of nitrogens with zero attached hydrogens (tertiary/aromatic N) is 1. The fourth-order valence-electron chi connectivity index (χ4n) is 2.90. The number of para-hydroxylation sites is 2.